The number of hydrogen-bond acceptors (Lipinski definition) is 4. The highest BCUT2D eigenvalue weighted by atomic mass is 32.2. The predicted octanol–water partition coefficient (Wildman–Crippen LogP) is 1.28. The second-order valence-electron chi connectivity index (χ2n) is 3.52. The van der Waals surface area contributed by atoms with Gasteiger partial charge in [0.1, 0.15) is 5.82 Å². The van der Waals surface area contributed by atoms with E-state index >= 15 is 0 Å². The Hall–Kier alpha value is -1.23. The Morgan fingerprint density at radius 2 is 2.07 bits per heavy atom. The van der Waals surface area contributed by atoms with Gasteiger partial charge < -0.3 is 4.90 Å². The summed E-state index contributed by atoms with van der Waals surface area (Å²) in [6.45, 7) is 2.20. The summed E-state index contributed by atoms with van der Waals surface area (Å²) < 4.78 is 1.79. The molecule has 0 amide bonds. The van der Waals surface area contributed by atoms with Crippen LogP contribution in [0.2, 0.25) is 0 Å². The zero-order valence-electron chi connectivity index (χ0n) is 8.33. The lowest BCUT2D eigenvalue weighted by atomic mass is 10.4. The highest BCUT2D eigenvalue weighted by Gasteiger charge is 2.12. The first-order valence-corrected chi connectivity index (χ1v) is 6.22. The summed E-state index contributed by atoms with van der Waals surface area (Å²) in [5.41, 5.74) is 0.922. The highest BCUT2D eigenvalue weighted by Crippen LogP contribution is 2.17. The maximum absolute atomic E-state index is 4.58. The standard InChI is InChI=1S/C10H12N4S/c1-3-11-14-4-2-9(12-10(1)14)13-5-7-15-8-6-13/h1-4H,5-8H2. The van der Waals surface area contributed by atoms with Gasteiger partial charge in [0.2, 0.25) is 0 Å². The molecule has 1 aliphatic heterocycles. The predicted molar refractivity (Wildman–Crippen MR) is 62.5 cm³/mol. The first kappa shape index (κ1) is 9.03. The summed E-state index contributed by atoms with van der Waals surface area (Å²) in [7, 11) is 0. The fourth-order valence-corrected chi connectivity index (χ4v) is 2.67. The molecule has 1 fully saturated rings. The van der Waals surface area contributed by atoms with Crippen LogP contribution in [0.3, 0.4) is 0 Å². The summed E-state index contributed by atoms with van der Waals surface area (Å²) in [5.74, 6) is 3.47. The summed E-state index contributed by atoms with van der Waals surface area (Å²) in [6, 6.07) is 3.97. The Morgan fingerprint density at radius 3 is 2.93 bits per heavy atom. The summed E-state index contributed by atoms with van der Waals surface area (Å²) in [4.78, 5) is 6.91. The monoisotopic (exact) mass is 220 g/mol. The molecule has 3 heterocycles. The molecule has 0 saturated carbocycles. The number of hydrogen-bond donors (Lipinski definition) is 0. The largest absolute Gasteiger partial charge is 0.355 e. The van der Waals surface area contributed by atoms with Gasteiger partial charge in [-0.15, -0.1) is 0 Å². The zero-order valence-corrected chi connectivity index (χ0v) is 9.15. The van der Waals surface area contributed by atoms with Crippen molar-refractivity contribution in [1.29, 1.82) is 0 Å². The van der Waals surface area contributed by atoms with Crippen molar-refractivity contribution in [3.05, 3.63) is 24.5 Å². The van der Waals surface area contributed by atoms with Crippen LogP contribution in [0.4, 0.5) is 5.82 Å². The van der Waals surface area contributed by atoms with Gasteiger partial charge in [0.25, 0.3) is 0 Å². The Kier molecular flexibility index (Phi) is 2.25. The van der Waals surface area contributed by atoms with Crippen molar-refractivity contribution in [3.63, 3.8) is 0 Å². The van der Waals surface area contributed by atoms with E-state index in [9.17, 15) is 0 Å². The first-order valence-electron chi connectivity index (χ1n) is 5.06. The van der Waals surface area contributed by atoms with Crippen LogP contribution in [0.15, 0.2) is 24.5 Å². The maximum Gasteiger partial charge on any atom is 0.157 e. The molecule has 2 aromatic heterocycles. The molecule has 1 saturated heterocycles. The van der Waals surface area contributed by atoms with Gasteiger partial charge in [-0.05, 0) is 6.07 Å². The molecule has 0 N–H and O–H groups in total. The van der Waals surface area contributed by atoms with Crippen LogP contribution in [-0.4, -0.2) is 39.2 Å². The molecule has 0 aliphatic carbocycles. The van der Waals surface area contributed by atoms with Gasteiger partial charge in [-0.3, -0.25) is 0 Å². The van der Waals surface area contributed by atoms with Gasteiger partial charge >= 0.3 is 0 Å². The van der Waals surface area contributed by atoms with Crippen molar-refractivity contribution >= 4 is 23.2 Å². The number of rotatable bonds is 1. The third-order valence-corrected chi connectivity index (χ3v) is 3.52. The van der Waals surface area contributed by atoms with E-state index in [2.05, 4.69) is 15.0 Å². The van der Waals surface area contributed by atoms with Crippen LogP contribution in [0.25, 0.3) is 5.65 Å². The Bertz CT molecular complexity index is 461. The fraction of sp³-hybridized carbons (Fsp3) is 0.400. The minimum absolute atomic E-state index is 0.922. The van der Waals surface area contributed by atoms with Crippen LogP contribution in [0.1, 0.15) is 0 Å². The number of fused-ring (bicyclic) bond motifs is 1. The molecule has 0 aromatic carbocycles. The third kappa shape index (κ3) is 1.67. The average Bonchev–Trinajstić information content (AvgIpc) is 2.77. The molecule has 0 radical (unpaired) electrons. The zero-order chi connectivity index (χ0) is 10.1. The molecule has 4 nitrogen and oxygen atoms in total. The summed E-state index contributed by atoms with van der Waals surface area (Å²) >= 11 is 2.01. The lowest BCUT2D eigenvalue weighted by Crippen LogP contribution is -2.33. The fourth-order valence-electron chi connectivity index (χ4n) is 1.77. The molecule has 2 aromatic rings. The molecular formula is C10H12N4S. The van der Waals surface area contributed by atoms with E-state index in [0.717, 1.165) is 24.6 Å². The first-order chi connectivity index (χ1) is 7.43. The molecule has 0 unspecified atom stereocenters. The van der Waals surface area contributed by atoms with E-state index in [1.54, 1.807) is 10.7 Å². The van der Waals surface area contributed by atoms with E-state index in [1.165, 1.54) is 11.5 Å². The highest BCUT2D eigenvalue weighted by molar-refractivity contribution is 7.99. The second-order valence-corrected chi connectivity index (χ2v) is 4.74. The lowest BCUT2D eigenvalue weighted by Gasteiger charge is -2.27. The minimum atomic E-state index is 0.922. The molecule has 3 rings (SSSR count). The van der Waals surface area contributed by atoms with Gasteiger partial charge in [0.05, 0.1) is 6.20 Å². The summed E-state index contributed by atoms with van der Waals surface area (Å²) in [6.07, 6.45) is 3.75. The SMILES string of the molecule is c1cc2nc(N3CCSCC3)ccn2n1. The van der Waals surface area contributed by atoms with Crippen LogP contribution in [-0.2, 0) is 0 Å². The van der Waals surface area contributed by atoms with Crippen molar-refractivity contribution in [1.82, 2.24) is 14.6 Å². The van der Waals surface area contributed by atoms with E-state index in [1.807, 2.05) is 30.1 Å². The summed E-state index contributed by atoms with van der Waals surface area (Å²) in [5, 5.41) is 4.14. The van der Waals surface area contributed by atoms with Crippen molar-refractivity contribution in [2.75, 3.05) is 29.5 Å². The Morgan fingerprint density at radius 1 is 1.20 bits per heavy atom. The van der Waals surface area contributed by atoms with Gasteiger partial charge in [-0.2, -0.15) is 16.9 Å². The smallest absolute Gasteiger partial charge is 0.157 e. The van der Waals surface area contributed by atoms with Gasteiger partial charge in [-0.1, -0.05) is 0 Å². The van der Waals surface area contributed by atoms with Crippen molar-refractivity contribution < 1.29 is 0 Å². The van der Waals surface area contributed by atoms with E-state index in [0.29, 0.717) is 0 Å². The Labute approximate surface area is 92.3 Å². The maximum atomic E-state index is 4.58. The van der Waals surface area contributed by atoms with E-state index in [4.69, 9.17) is 0 Å². The molecule has 5 heteroatoms. The molecule has 78 valence electrons. The second kappa shape index (κ2) is 3.73. The molecule has 15 heavy (non-hydrogen) atoms. The normalized spacial score (nSPS) is 17.2. The number of anilines is 1. The minimum Gasteiger partial charge on any atom is -0.355 e. The lowest BCUT2D eigenvalue weighted by molar-refractivity contribution is 0.831. The van der Waals surface area contributed by atoms with Crippen molar-refractivity contribution in [2.45, 2.75) is 0 Å². The molecule has 1 aliphatic rings. The van der Waals surface area contributed by atoms with Crippen molar-refractivity contribution in [2.24, 2.45) is 0 Å². The van der Waals surface area contributed by atoms with E-state index in [-0.39, 0.29) is 0 Å². The van der Waals surface area contributed by atoms with Gasteiger partial charge in [-0.25, -0.2) is 9.50 Å². The molecule has 0 atom stereocenters. The van der Waals surface area contributed by atoms with Gasteiger partial charge in [0.15, 0.2) is 5.65 Å². The van der Waals surface area contributed by atoms with Crippen molar-refractivity contribution in [3.8, 4) is 0 Å². The van der Waals surface area contributed by atoms with Gasteiger partial charge in [0, 0.05) is 36.9 Å². The van der Waals surface area contributed by atoms with Crippen LogP contribution in [0, 0.1) is 0 Å². The quantitative estimate of drug-likeness (QED) is 0.725. The molecule has 0 spiro atoms. The number of aromatic nitrogens is 3. The molecule has 0 bridgehead atoms. The number of nitrogens with zero attached hydrogens (tertiary/aromatic N) is 4. The van der Waals surface area contributed by atoms with E-state index < -0.39 is 0 Å². The number of thioether (sulfide) groups is 1. The Balaban J connectivity index is 1.95. The average molecular weight is 220 g/mol. The van der Waals surface area contributed by atoms with Crippen LogP contribution in [0.5, 0.6) is 0 Å². The van der Waals surface area contributed by atoms with Crippen LogP contribution >= 0.6 is 11.8 Å². The molecular weight excluding hydrogens is 208 g/mol. The van der Waals surface area contributed by atoms with Crippen LogP contribution < -0.4 is 4.90 Å². The third-order valence-electron chi connectivity index (χ3n) is 2.58. The topological polar surface area (TPSA) is 33.4 Å².